The van der Waals surface area contributed by atoms with E-state index in [9.17, 15) is 4.79 Å². The lowest BCUT2D eigenvalue weighted by Crippen LogP contribution is -2.14. The monoisotopic (exact) mass is 322 g/mol. The molecule has 1 amide bonds. The van der Waals surface area contributed by atoms with Gasteiger partial charge in [-0.2, -0.15) is 0 Å². The van der Waals surface area contributed by atoms with Crippen LogP contribution in [0.15, 0.2) is 76.8 Å². The molecule has 0 radical (unpaired) electrons. The molecule has 114 valence electrons. The predicted molar refractivity (Wildman–Crippen MR) is 91.3 cm³/mol. The molecule has 2 N–H and O–H groups in total. The van der Waals surface area contributed by atoms with E-state index >= 15 is 0 Å². The Labute approximate surface area is 137 Å². The number of nitrogens with zero attached hydrogens (tertiary/aromatic N) is 1. The Bertz CT molecular complexity index is 860. The average Bonchev–Trinajstić information content (AvgIpc) is 2.60. The molecule has 4 nitrogen and oxygen atoms in total. The normalized spacial score (nSPS) is 11.0. The second-order valence-corrected chi connectivity index (χ2v) is 5.94. The van der Waals surface area contributed by atoms with Gasteiger partial charge in [0.1, 0.15) is 5.03 Å². The maximum absolute atomic E-state index is 10.9. The largest absolute Gasteiger partial charge is 0.288 e. The molecule has 0 aliphatic heterocycles. The van der Waals surface area contributed by atoms with Gasteiger partial charge in [-0.15, -0.1) is 0 Å². The van der Waals surface area contributed by atoms with E-state index in [1.54, 1.807) is 23.3 Å². The van der Waals surface area contributed by atoms with Gasteiger partial charge >= 0.3 is 0 Å². The summed E-state index contributed by atoms with van der Waals surface area (Å²) in [6.07, 6.45) is 4.78. The van der Waals surface area contributed by atoms with E-state index < -0.39 is 5.91 Å². The second-order valence-electron chi connectivity index (χ2n) is 4.85. The molecule has 0 bridgehead atoms. The molecule has 5 heteroatoms. The molecule has 0 saturated heterocycles. The van der Waals surface area contributed by atoms with Crippen molar-refractivity contribution in [2.24, 2.45) is 0 Å². The number of hydroxylamine groups is 1. The summed E-state index contributed by atoms with van der Waals surface area (Å²) in [5.41, 5.74) is 2.43. The quantitative estimate of drug-likeness (QED) is 0.434. The molecule has 0 fully saturated rings. The third kappa shape index (κ3) is 3.97. The highest BCUT2D eigenvalue weighted by molar-refractivity contribution is 7.99. The van der Waals surface area contributed by atoms with E-state index in [2.05, 4.69) is 17.1 Å². The zero-order chi connectivity index (χ0) is 16.1. The second kappa shape index (κ2) is 7.09. The minimum Gasteiger partial charge on any atom is -0.288 e. The lowest BCUT2D eigenvalue weighted by Gasteiger charge is -2.03. The first-order valence-electron chi connectivity index (χ1n) is 6.99. The van der Waals surface area contributed by atoms with E-state index in [-0.39, 0.29) is 0 Å². The molecule has 0 unspecified atom stereocenters. The molecule has 0 atom stereocenters. The minimum atomic E-state index is -0.552. The van der Waals surface area contributed by atoms with Crippen LogP contribution in [0.4, 0.5) is 0 Å². The first-order chi connectivity index (χ1) is 11.2. The number of aromatic nitrogens is 1. The Kier molecular flexibility index (Phi) is 4.71. The number of hydrogen-bond acceptors (Lipinski definition) is 4. The summed E-state index contributed by atoms with van der Waals surface area (Å²) in [5.74, 6) is -0.552. The number of carbonyl (C=O) groups excluding carboxylic acids is 1. The summed E-state index contributed by atoms with van der Waals surface area (Å²) in [4.78, 5) is 16.5. The van der Waals surface area contributed by atoms with Gasteiger partial charge in [0.05, 0.1) is 0 Å². The fraction of sp³-hybridized carbons (Fsp3) is 0. The molecule has 0 saturated carbocycles. The summed E-state index contributed by atoms with van der Waals surface area (Å²) in [6.45, 7) is 0. The van der Waals surface area contributed by atoms with Gasteiger partial charge in [-0.05, 0) is 35.2 Å². The van der Waals surface area contributed by atoms with Gasteiger partial charge in [0.2, 0.25) is 0 Å². The Morgan fingerprint density at radius 1 is 1.09 bits per heavy atom. The van der Waals surface area contributed by atoms with Crippen LogP contribution in [0, 0.1) is 0 Å². The molecule has 1 heterocycles. The Morgan fingerprint density at radius 2 is 1.83 bits per heavy atom. The summed E-state index contributed by atoms with van der Waals surface area (Å²) in [5, 5.41) is 11.7. The van der Waals surface area contributed by atoms with Crippen LogP contribution >= 0.6 is 11.8 Å². The number of benzene rings is 2. The zero-order valence-corrected chi connectivity index (χ0v) is 13.0. The van der Waals surface area contributed by atoms with Gasteiger partial charge in [-0.25, -0.2) is 10.5 Å². The van der Waals surface area contributed by atoms with Crippen LogP contribution in [0.25, 0.3) is 16.8 Å². The van der Waals surface area contributed by atoms with Crippen molar-refractivity contribution in [3.8, 4) is 0 Å². The molecular weight excluding hydrogens is 308 g/mol. The standard InChI is InChI=1S/C18H14N2O2S/c21-17(20-22)10-7-13-5-8-16(9-6-13)23-18-11-14-3-1-2-4-15(14)12-19-18/h1-12,22H,(H,20,21)/b10-7+. The number of pyridine rings is 1. The SMILES string of the molecule is O=C(/C=C/c1ccc(Sc2cc3ccccc3cn2)cc1)NO. The van der Waals surface area contributed by atoms with E-state index in [1.165, 1.54) is 11.5 Å². The number of hydrogen-bond donors (Lipinski definition) is 2. The highest BCUT2D eigenvalue weighted by atomic mass is 32.2. The van der Waals surface area contributed by atoms with Crippen molar-refractivity contribution in [2.75, 3.05) is 0 Å². The first kappa shape index (κ1) is 15.3. The van der Waals surface area contributed by atoms with Crippen LogP contribution < -0.4 is 5.48 Å². The first-order valence-corrected chi connectivity index (χ1v) is 7.81. The molecule has 1 aromatic heterocycles. The van der Waals surface area contributed by atoms with Crippen LogP contribution in [0.2, 0.25) is 0 Å². The van der Waals surface area contributed by atoms with Crippen LogP contribution in [0.1, 0.15) is 5.56 Å². The minimum absolute atomic E-state index is 0.552. The summed E-state index contributed by atoms with van der Waals surface area (Å²) < 4.78 is 0. The van der Waals surface area contributed by atoms with Gasteiger partial charge in [-0.3, -0.25) is 10.0 Å². The summed E-state index contributed by atoms with van der Waals surface area (Å²) >= 11 is 1.59. The lowest BCUT2D eigenvalue weighted by atomic mass is 10.2. The van der Waals surface area contributed by atoms with Crippen molar-refractivity contribution in [3.05, 3.63) is 72.4 Å². The molecule has 23 heavy (non-hydrogen) atoms. The topological polar surface area (TPSA) is 62.2 Å². The van der Waals surface area contributed by atoms with E-state index in [1.807, 2.05) is 48.7 Å². The molecule has 0 spiro atoms. The third-order valence-corrected chi connectivity index (χ3v) is 4.19. The Morgan fingerprint density at radius 3 is 2.57 bits per heavy atom. The molecule has 3 aromatic rings. The highest BCUT2D eigenvalue weighted by Crippen LogP contribution is 2.28. The third-order valence-electron chi connectivity index (χ3n) is 3.25. The van der Waals surface area contributed by atoms with E-state index in [4.69, 9.17) is 5.21 Å². The van der Waals surface area contributed by atoms with E-state index in [0.29, 0.717) is 0 Å². The molecule has 2 aromatic carbocycles. The average molecular weight is 322 g/mol. The number of nitrogens with one attached hydrogen (secondary N) is 1. The van der Waals surface area contributed by atoms with Crippen molar-refractivity contribution < 1.29 is 10.0 Å². The van der Waals surface area contributed by atoms with Gasteiger partial charge in [0.25, 0.3) is 5.91 Å². The smallest absolute Gasteiger partial charge is 0.267 e. The molecule has 0 aliphatic rings. The van der Waals surface area contributed by atoms with Crippen molar-refractivity contribution in [2.45, 2.75) is 9.92 Å². The molecule has 3 rings (SSSR count). The van der Waals surface area contributed by atoms with Gasteiger partial charge in [0, 0.05) is 22.6 Å². The van der Waals surface area contributed by atoms with Crippen LogP contribution in [-0.2, 0) is 4.79 Å². The highest BCUT2D eigenvalue weighted by Gasteiger charge is 2.01. The fourth-order valence-corrected chi connectivity index (χ4v) is 2.90. The molecular formula is C18H14N2O2S. The van der Waals surface area contributed by atoms with Crippen LogP contribution in [-0.4, -0.2) is 16.1 Å². The van der Waals surface area contributed by atoms with Crippen molar-refractivity contribution in [3.63, 3.8) is 0 Å². The Balaban J connectivity index is 1.74. The van der Waals surface area contributed by atoms with Gasteiger partial charge in [-0.1, -0.05) is 48.2 Å². The zero-order valence-electron chi connectivity index (χ0n) is 12.1. The predicted octanol–water partition coefficient (Wildman–Crippen LogP) is 3.90. The van der Waals surface area contributed by atoms with E-state index in [0.717, 1.165) is 20.9 Å². The van der Waals surface area contributed by atoms with Crippen molar-refractivity contribution in [1.82, 2.24) is 10.5 Å². The summed E-state index contributed by atoms with van der Waals surface area (Å²) in [6, 6.07) is 18.0. The summed E-state index contributed by atoms with van der Waals surface area (Å²) in [7, 11) is 0. The van der Waals surface area contributed by atoms with Gasteiger partial charge in [0.15, 0.2) is 0 Å². The number of fused-ring (bicyclic) bond motifs is 1. The van der Waals surface area contributed by atoms with Gasteiger partial charge < -0.3 is 0 Å². The maximum Gasteiger partial charge on any atom is 0.267 e. The molecule has 0 aliphatic carbocycles. The van der Waals surface area contributed by atoms with Crippen molar-refractivity contribution >= 4 is 34.5 Å². The van der Waals surface area contributed by atoms with Crippen LogP contribution in [0.3, 0.4) is 0 Å². The van der Waals surface area contributed by atoms with Crippen LogP contribution in [0.5, 0.6) is 0 Å². The maximum atomic E-state index is 10.9. The lowest BCUT2D eigenvalue weighted by molar-refractivity contribution is -0.124. The Hall–Kier alpha value is -2.63. The van der Waals surface area contributed by atoms with Crippen molar-refractivity contribution in [1.29, 1.82) is 0 Å². The number of amides is 1. The number of rotatable bonds is 4. The number of carbonyl (C=O) groups is 1. The fourth-order valence-electron chi connectivity index (χ4n) is 2.10.